The summed E-state index contributed by atoms with van der Waals surface area (Å²) in [4.78, 5) is 4.58. The molecule has 1 aromatic carbocycles. The summed E-state index contributed by atoms with van der Waals surface area (Å²) in [5.41, 5.74) is 3.17. The van der Waals surface area contributed by atoms with Crippen LogP contribution in [0.1, 0.15) is 23.4 Å². The highest BCUT2D eigenvalue weighted by atomic mass is 19.1. The van der Waals surface area contributed by atoms with Gasteiger partial charge in [0.15, 0.2) is 11.6 Å². The van der Waals surface area contributed by atoms with Gasteiger partial charge in [-0.2, -0.15) is 5.26 Å². The lowest BCUT2D eigenvalue weighted by molar-refractivity contribution is 0.286. The number of hydrogen-bond donors (Lipinski definition) is 1. The van der Waals surface area contributed by atoms with Crippen LogP contribution in [0.2, 0.25) is 0 Å². The van der Waals surface area contributed by atoms with Crippen LogP contribution in [0.5, 0.6) is 5.75 Å². The maximum atomic E-state index is 13.8. The van der Waals surface area contributed by atoms with Crippen molar-refractivity contribution in [2.75, 3.05) is 13.1 Å². The Kier molecular flexibility index (Phi) is 4.65. The number of aromatic nitrogens is 1. The maximum Gasteiger partial charge on any atom is 0.166 e. The number of rotatable bonds is 4. The van der Waals surface area contributed by atoms with Crippen LogP contribution in [0.15, 0.2) is 42.5 Å². The number of benzene rings is 1. The Balaban J connectivity index is 1.71. The molecule has 0 aliphatic carbocycles. The molecule has 2 aromatic rings. The Morgan fingerprint density at radius 3 is 2.96 bits per heavy atom. The van der Waals surface area contributed by atoms with Gasteiger partial charge in [-0.05, 0) is 48.9 Å². The fourth-order valence-corrected chi connectivity index (χ4v) is 2.43. The largest absolute Gasteiger partial charge is 0.484 e. The van der Waals surface area contributed by atoms with Crippen molar-refractivity contribution in [1.29, 1.82) is 5.26 Å². The molecule has 0 saturated heterocycles. The lowest BCUT2D eigenvalue weighted by Crippen LogP contribution is -2.20. The average Bonchev–Trinajstić information content (AvgIpc) is 2.61. The van der Waals surface area contributed by atoms with Gasteiger partial charge in [0.05, 0.1) is 23.0 Å². The molecule has 5 heteroatoms. The second kappa shape index (κ2) is 7.03. The van der Waals surface area contributed by atoms with E-state index in [2.05, 4.69) is 16.4 Å². The molecule has 23 heavy (non-hydrogen) atoms. The highest BCUT2D eigenvalue weighted by Gasteiger charge is 2.09. The molecule has 2 heterocycles. The highest BCUT2D eigenvalue weighted by Crippen LogP contribution is 2.21. The fourth-order valence-electron chi connectivity index (χ4n) is 2.43. The fraction of sp³-hybridized carbons (Fsp3) is 0.222. The molecule has 3 rings (SSSR count). The van der Waals surface area contributed by atoms with Crippen LogP contribution < -0.4 is 10.1 Å². The normalized spacial score (nSPS) is 14.0. The van der Waals surface area contributed by atoms with Crippen LogP contribution in [0, 0.1) is 17.1 Å². The smallest absolute Gasteiger partial charge is 0.166 e. The van der Waals surface area contributed by atoms with E-state index in [-0.39, 0.29) is 17.9 Å². The predicted octanol–water partition coefficient (Wildman–Crippen LogP) is 3.05. The second-order valence-electron chi connectivity index (χ2n) is 5.24. The van der Waals surface area contributed by atoms with Gasteiger partial charge in [-0.3, -0.25) is 0 Å². The number of nitrogens with zero attached hydrogens (tertiary/aromatic N) is 2. The molecule has 1 aliphatic heterocycles. The molecular formula is C18H16FN3O. The van der Waals surface area contributed by atoms with Gasteiger partial charge in [-0.25, -0.2) is 9.37 Å². The van der Waals surface area contributed by atoms with Crippen molar-refractivity contribution in [2.45, 2.75) is 13.0 Å². The second-order valence-corrected chi connectivity index (χ2v) is 5.24. The van der Waals surface area contributed by atoms with Crippen LogP contribution >= 0.6 is 0 Å². The SMILES string of the molecule is N#Cc1ccc(OCc2cccc(C3=CCNCC3)n2)c(F)c1. The average molecular weight is 309 g/mol. The standard InChI is InChI=1S/C18H16FN3O/c19-16-10-13(11-20)4-5-18(16)23-12-15-2-1-3-17(22-15)14-6-8-21-9-7-14/h1-6,10,21H,7-9,12H2. The third-order valence-electron chi connectivity index (χ3n) is 3.64. The first-order valence-electron chi connectivity index (χ1n) is 7.45. The van der Waals surface area contributed by atoms with E-state index in [9.17, 15) is 4.39 Å². The van der Waals surface area contributed by atoms with E-state index in [4.69, 9.17) is 10.00 Å². The van der Waals surface area contributed by atoms with Crippen LogP contribution in [-0.4, -0.2) is 18.1 Å². The van der Waals surface area contributed by atoms with Gasteiger partial charge in [-0.1, -0.05) is 12.1 Å². The summed E-state index contributed by atoms with van der Waals surface area (Å²) in [6.07, 6.45) is 3.08. The van der Waals surface area contributed by atoms with Gasteiger partial charge < -0.3 is 10.1 Å². The van der Waals surface area contributed by atoms with Crippen molar-refractivity contribution in [3.05, 3.63) is 65.2 Å². The lowest BCUT2D eigenvalue weighted by atomic mass is 10.1. The van der Waals surface area contributed by atoms with E-state index in [0.29, 0.717) is 0 Å². The molecule has 0 fully saturated rings. The third-order valence-corrected chi connectivity index (χ3v) is 3.64. The van der Waals surface area contributed by atoms with E-state index < -0.39 is 5.82 Å². The summed E-state index contributed by atoms with van der Waals surface area (Å²) in [7, 11) is 0. The monoisotopic (exact) mass is 309 g/mol. The van der Waals surface area contributed by atoms with Gasteiger partial charge in [0.1, 0.15) is 6.61 Å². The Morgan fingerprint density at radius 1 is 1.30 bits per heavy atom. The van der Waals surface area contributed by atoms with Crippen molar-refractivity contribution in [1.82, 2.24) is 10.3 Å². The highest BCUT2D eigenvalue weighted by molar-refractivity contribution is 5.63. The number of nitrogens with one attached hydrogen (secondary N) is 1. The third kappa shape index (κ3) is 3.74. The quantitative estimate of drug-likeness (QED) is 0.943. The summed E-state index contributed by atoms with van der Waals surface area (Å²) in [5.74, 6) is -0.418. The van der Waals surface area contributed by atoms with Crippen LogP contribution in [0.3, 0.4) is 0 Å². The first-order chi connectivity index (χ1) is 11.3. The molecule has 0 saturated carbocycles. The first-order valence-corrected chi connectivity index (χ1v) is 7.45. The molecule has 0 bridgehead atoms. The Bertz CT molecular complexity index is 780. The van der Waals surface area contributed by atoms with Crippen molar-refractivity contribution in [2.24, 2.45) is 0 Å². The summed E-state index contributed by atoms with van der Waals surface area (Å²) < 4.78 is 19.3. The summed E-state index contributed by atoms with van der Waals surface area (Å²) in [5, 5.41) is 12.0. The number of nitriles is 1. The zero-order chi connectivity index (χ0) is 16.1. The van der Waals surface area contributed by atoms with E-state index in [0.717, 1.165) is 30.9 Å². The van der Waals surface area contributed by atoms with Crippen LogP contribution in [-0.2, 0) is 6.61 Å². The van der Waals surface area contributed by atoms with Crippen LogP contribution in [0.4, 0.5) is 4.39 Å². The van der Waals surface area contributed by atoms with E-state index in [1.807, 2.05) is 24.3 Å². The Hall–Kier alpha value is -2.71. The molecule has 0 spiro atoms. The van der Waals surface area contributed by atoms with Gasteiger partial charge in [-0.15, -0.1) is 0 Å². The number of hydrogen-bond acceptors (Lipinski definition) is 4. The van der Waals surface area contributed by atoms with Gasteiger partial charge in [0.25, 0.3) is 0 Å². The summed E-state index contributed by atoms with van der Waals surface area (Å²) >= 11 is 0. The predicted molar refractivity (Wildman–Crippen MR) is 85.1 cm³/mol. The molecule has 0 atom stereocenters. The van der Waals surface area contributed by atoms with Crippen molar-refractivity contribution in [3.8, 4) is 11.8 Å². The zero-order valence-electron chi connectivity index (χ0n) is 12.6. The van der Waals surface area contributed by atoms with Crippen molar-refractivity contribution >= 4 is 5.57 Å². The van der Waals surface area contributed by atoms with Gasteiger partial charge in [0.2, 0.25) is 0 Å². The molecule has 116 valence electrons. The number of ether oxygens (including phenoxy) is 1. The number of halogens is 1. The number of pyridine rings is 1. The Labute approximate surface area is 134 Å². The van der Waals surface area contributed by atoms with Crippen LogP contribution in [0.25, 0.3) is 5.57 Å². The lowest BCUT2D eigenvalue weighted by Gasteiger charge is -2.14. The first kappa shape index (κ1) is 15.2. The van der Waals surface area contributed by atoms with Gasteiger partial charge >= 0.3 is 0 Å². The van der Waals surface area contributed by atoms with Crippen molar-refractivity contribution in [3.63, 3.8) is 0 Å². The zero-order valence-corrected chi connectivity index (χ0v) is 12.6. The minimum absolute atomic E-state index is 0.122. The van der Waals surface area contributed by atoms with E-state index in [1.165, 1.54) is 23.8 Å². The Morgan fingerprint density at radius 2 is 2.22 bits per heavy atom. The molecule has 4 nitrogen and oxygen atoms in total. The summed E-state index contributed by atoms with van der Waals surface area (Å²) in [6, 6.07) is 11.8. The minimum atomic E-state index is -0.540. The minimum Gasteiger partial charge on any atom is -0.484 e. The maximum absolute atomic E-state index is 13.8. The van der Waals surface area contributed by atoms with Gasteiger partial charge in [0, 0.05) is 6.54 Å². The van der Waals surface area contributed by atoms with E-state index in [1.54, 1.807) is 0 Å². The van der Waals surface area contributed by atoms with E-state index >= 15 is 0 Å². The molecular weight excluding hydrogens is 293 g/mol. The molecule has 0 unspecified atom stereocenters. The molecule has 0 amide bonds. The summed E-state index contributed by atoms with van der Waals surface area (Å²) in [6.45, 7) is 1.99. The molecule has 1 aliphatic rings. The topological polar surface area (TPSA) is 57.9 Å². The molecule has 0 radical (unpaired) electrons. The molecule has 1 N–H and O–H groups in total. The molecule has 1 aromatic heterocycles. The van der Waals surface area contributed by atoms with Crippen molar-refractivity contribution < 1.29 is 9.13 Å².